The Hall–Kier alpha value is 0.730. The van der Waals surface area contributed by atoms with Crippen molar-refractivity contribution in [2.75, 3.05) is 6.61 Å². The van der Waals surface area contributed by atoms with Gasteiger partial charge >= 0.3 is 12.1 Å². The molecule has 0 heterocycles. The minimum Gasteiger partial charge on any atom is -0.462 e. The fourth-order valence-electron chi connectivity index (χ4n) is 1.93. The Morgan fingerprint density at radius 3 is 2.25 bits per heavy atom. The van der Waals surface area contributed by atoms with Gasteiger partial charge < -0.3 is 4.74 Å². The van der Waals surface area contributed by atoms with Gasteiger partial charge in [0.05, 0.1) is 5.92 Å². The molecule has 20 heavy (non-hydrogen) atoms. The molecule has 0 spiro atoms. The third-order valence-corrected chi connectivity index (χ3v) is 4.17. The van der Waals surface area contributed by atoms with Crippen LogP contribution in [0.15, 0.2) is 11.1 Å². The Morgan fingerprint density at radius 1 is 1.35 bits per heavy atom. The van der Waals surface area contributed by atoms with E-state index >= 15 is 0 Å². The molecular formula is C11H11Br3ClF3O2. The van der Waals surface area contributed by atoms with Gasteiger partial charge in [0.15, 0.2) is 2.14 Å². The second-order valence-corrected chi connectivity index (χ2v) is 12.7. The highest BCUT2D eigenvalue weighted by Crippen LogP contribution is 2.60. The first-order valence-electron chi connectivity index (χ1n) is 5.44. The van der Waals surface area contributed by atoms with E-state index in [9.17, 15) is 18.0 Å². The summed E-state index contributed by atoms with van der Waals surface area (Å²) in [6.45, 7) is 3.39. The number of rotatable bonds is 3. The van der Waals surface area contributed by atoms with Crippen LogP contribution in [0.2, 0.25) is 0 Å². The van der Waals surface area contributed by atoms with Gasteiger partial charge in [-0.3, -0.25) is 4.79 Å². The van der Waals surface area contributed by atoms with E-state index in [1.54, 1.807) is 13.8 Å². The molecule has 116 valence electrons. The van der Waals surface area contributed by atoms with Crippen LogP contribution in [0.4, 0.5) is 13.2 Å². The summed E-state index contributed by atoms with van der Waals surface area (Å²) in [7, 11) is 0. The predicted molar refractivity (Wildman–Crippen MR) is 81.2 cm³/mol. The van der Waals surface area contributed by atoms with Crippen molar-refractivity contribution in [1.29, 1.82) is 0 Å². The maximum atomic E-state index is 12.4. The first-order chi connectivity index (χ1) is 8.77. The third-order valence-electron chi connectivity index (χ3n) is 3.14. The molecule has 1 rings (SSSR count). The van der Waals surface area contributed by atoms with Crippen molar-refractivity contribution >= 4 is 65.4 Å². The summed E-state index contributed by atoms with van der Waals surface area (Å²) in [6, 6.07) is 0. The molecule has 2 nitrogen and oxygen atoms in total. The van der Waals surface area contributed by atoms with Crippen LogP contribution in [-0.4, -0.2) is 20.9 Å². The highest BCUT2D eigenvalue weighted by atomic mass is 80.0. The fourth-order valence-corrected chi connectivity index (χ4v) is 2.41. The van der Waals surface area contributed by atoms with Crippen molar-refractivity contribution < 1.29 is 22.7 Å². The van der Waals surface area contributed by atoms with E-state index in [0.717, 1.165) is 6.08 Å². The van der Waals surface area contributed by atoms with Crippen LogP contribution in [0.5, 0.6) is 0 Å². The zero-order valence-corrected chi connectivity index (χ0v) is 15.9. The largest absolute Gasteiger partial charge is 0.462 e. The minimum absolute atomic E-state index is 0.0121. The molecule has 1 aliphatic carbocycles. The third kappa shape index (κ3) is 4.88. The van der Waals surface area contributed by atoms with E-state index in [0.29, 0.717) is 0 Å². The molecule has 2 unspecified atom stereocenters. The monoisotopic (exact) mass is 504 g/mol. The van der Waals surface area contributed by atoms with Crippen LogP contribution in [0.3, 0.4) is 0 Å². The summed E-state index contributed by atoms with van der Waals surface area (Å²) in [5.74, 6) is -1.77. The van der Waals surface area contributed by atoms with Crippen LogP contribution in [0.1, 0.15) is 13.8 Å². The van der Waals surface area contributed by atoms with Gasteiger partial charge in [-0.15, -0.1) is 0 Å². The number of ether oxygens (including phenoxy) is 1. The summed E-state index contributed by atoms with van der Waals surface area (Å²) < 4.78 is 41.5. The maximum Gasteiger partial charge on any atom is 0.426 e. The molecule has 2 atom stereocenters. The lowest BCUT2D eigenvalue weighted by atomic mass is 10.1. The van der Waals surface area contributed by atoms with E-state index < -0.39 is 36.6 Å². The Morgan fingerprint density at radius 2 is 1.85 bits per heavy atom. The lowest BCUT2D eigenvalue weighted by Crippen LogP contribution is -2.18. The van der Waals surface area contributed by atoms with Gasteiger partial charge in [0, 0.05) is 0 Å². The standard InChI is InChI=1S/C11H11Br3ClF3O2/c1-9(2)5(3-6(15)11(16,17)18)7(9)8(19)20-4-10(12,13)14/h3,5,7H,4H2,1-2H3/b6-3-. The first-order valence-corrected chi connectivity index (χ1v) is 8.20. The van der Waals surface area contributed by atoms with Crippen LogP contribution >= 0.6 is 59.4 Å². The first kappa shape index (κ1) is 18.8. The molecule has 1 aliphatic rings. The van der Waals surface area contributed by atoms with Crippen LogP contribution in [-0.2, 0) is 9.53 Å². The van der Waals surface area contributed by atoms with Crippen molar-refractivity contribution in [2.45, 2.75) is 22.2 Å². The molecular weight excluding hydrogens is 496 g/mol. The number of alkyl halides is 6. The Bertz CT molecular complexity index is 430. The number of hydrogen-bond acceptors (Lipinski definition) is 2. The van der Waals surface area contributed by atoms with E-state index in [2.05, 4.69) is 47.8 Å². The zero-order valence-electron chi connectivity index (χ0n) is 10.4. The van der Waals surface area contributed by atoms with Gasteiger partial charge in [0.2, 0.25) is 0 Å². The minimum atomic E-state index is -4.59. The van der Waals surface area contributed by atoms with Crippen LogP contribution in [0, 0.1) is 17.3 Å². The van der Waals surface area contributed by atoms with Crippen LogP contribution in [0.25, 0.3) is 0 Å². The van der Waals surface area contributed by atoms with Gasteiger partial charge in [-0.25, -0.2) is 0 Å². The molecule has 0 aromatic heterocycles. The summed E-state index contributed by atoms with van der Waals surface area (Å²) in [5, 5.41) is -1.21. The molecule has 0 bridgehead atoms. The van der Waals surface area contributed by atoms with Gasteiger partial charge in [-0.05, 0) is 11.3 Å². The van der Waals surface area contributed by atoms with Gasteiger partial charge in [0.1, 0.15) is 11.6 Å². The van der Waals surface area contributed by atoms with Crippen LogP contribution < -0.4 is 0 Å². The van der Waals surface area contributed by atoms with Gasteiger partial charge in [-0.2, -0.15) is 13.2 Å². The number of allylic oxidation sites excluding steroid dienone is 2. The molecule has 0 radical (unpaired) electrons. The van der Waals surface area contributed by atoms with E-state index in [1.807, 2.05) is 0 Å². The molecule has 1 saturated carbocycles. The number of esters is 1. The molecule has 0 aliphatic heterocycles. The summed E-state index contributed by atoms with van der Waals surface area (Å²) in [5.41, 5.74) is -0.601. The highest BCUT2D eigenvalue weighted by Gasteiger charge is 2.62. The molecule has 0 aromatic rings. The van der Waals surface area contributed by atoms with Gasteiger partial charge in [-0.1, -0.05) is 79.3 Å². The fraction of sp³-hybridized carbons (Fsp3) is 0.727. The predicted octanol–water partition coefficient (Wildman–Crippen LogP) is 5.33. The topological polar surface area (TPSA) is 26.3 Å². The Labute approximate surface area is 144 Å². The smallest absolute Gasteiger partial charge is 0.426 e. The Balaban J connectivity index is 2.72. The number of halogens is 7. The molecule has 1 fully saturated rings. The van der Waals surface area contributed by atoms with Gasteiger partial charge in [0.25, 0.3) is 0 Å². The lowest BCUT2D eigenvalue weighted by molar-refractivity contribution is -0.145. The number of carbonyl (C=O) groups excluding carboxylic acids is 1. The number of carbonyl (C=O) groups is 1. The summed E-state index contributed by atoms with van der Waals surface area (Å²) in [4.78, 5) is 11.9. The SMILES string of the molecule is CC1(C)C(/C=C(\Cl)C(F)(F)F)C1C(=O)OCC(Br)(Br)Br. The maximum absolute atomic E-state index is 12.4. The van der Waals surface area contributed by atoms with E-state index in [1.165, 1.54) is 0 Å². The van der Waals surface area contributed by atoms with Crippen molar-refractivity contribution in [1.82, 2.24) is 0 Å². The average Bonchev–Trinajstić information content (AvgIpc) is 2.74. The normalized spacial score (nSPS) is 26.4. The van der Waals surface area contributed by atoms with Crippen molar-refractivity contribution in [3.05, 3.63) is 11.1 Å². The number of hydrogen-bond donors (Lipinski definition) is 0. The lowest BCUT2D eigenvalue weighted by Gasteiger charge is -2.12. The molecule has 0 amide bonds. The average molecular weight is 507 g/mol. The molecule has 0 N–H and O–H groups in total. The second kappa shape index (κ2) is 6.08. The quantitative estimate of drug-likeness (QED) is 0.382. The van der Waals surface area contributed by atoms with Crippen molar-refractivity contribution in [3.63, 3.8) is 0 Å². The summed E-state index contributed by atoms with van der Waals surface area (Å²) >= 11 is 14.7. The van der Waals surface area contributed by atoms with E-state index in [4.69, 9.17) is 16.3 Å². The molecule has 0 saturated heterocycles. The molecule has 9 heteroatoms. The highest BCUT2D eigenvalue weighted by molar-refractivity contribution is 9.39. The molecule has 0 aromatic carbocycles. The second-order valence-electron chi connectivity index (χ2n) is 5.06. The van der Waals surface area contributed by atoms with Crippen molar-refractivity contribution in [3.8, 4) is 0 Å². The van der Waals surface area contributed by atoms with Crippen molar-refractivity contribution in [2.24, 2.45) is 17.3 Å². The zero-order chi connectivity index (χ0) is 15.9. The van der Waals surface area contributed by atoms with E-state index in [-0.39, 0.29) is 6.61 Å². The Kier molecular flexibility index (Phi) is 5.71. The summed E-state index contributed by atoms with van der Waals surface area (Å²) in [6.07, 6.45) is -3.71.